The molecule has 3 rings (SSSR count). The number of ether oxygens (including phenoxy) is 1. The molecule has 2 aromatic heterocycles. The second-order valence-corrected chi connectivity index (χ2v) is 5.81. The monoisotopic (exact) mass is 323 g/mol. The number of aldehydes is 1. The molecule has 0 radical (unpaired) electrons. The van der Waals surface area contributed by atoms with Crippen molar-refractivity contribution in [2.45, 2.75) is 39.8 Å². The van der Waals surface area contributed by atoms with Crippen molar-refractivity contribution >= 4 is 17.2 Å². The molecule has 0 atom stereocenters. The Hall–Kier alpha value is -2.69. The highest BCUT2D eigenvalue weighted by atomic mass is 16.5. The molecule has 0 aliphatic carbocycles. The number of aryl methyl sites for hydroxylation is 2. The van der Waals surface area contributed by atoms with Crippen molar-refractivity contribution in [2.75, 3.05) is 0 Å². The van der Waals surface area contributed by atoms with Crippen LogP contribution in [0.4, 0.5) is 0 Å². The van der Waals surface area contributed by atoms with E-state index in [-0.39, 0.29) is 0 Å². The quantitative estimate of drug-likeness (QED) is 0.618. The maximum Gasteiger partial charge on any atom is 0.172 e. The number of hydrogen-bond acceptors (Lipinski definition) is 4. The molecule has 0 saturated heterocycles. The van der Waals surface area contributed by atoms with Gasteiger partial charge in [-0.1, -0.05) is 25.5 Å². The summed E-state index contributed by atoms with van der Waals surface area (Å²) >= 11 is 0. The Morgan fingerprint density at radius 2 is 2.12 bits per heavy atom. The van der Waals surface area contributed by atoms with E-state index < -0.39 is 0 Å². The maximum atomic E-state index is 11.2. The zero-order valence-corrected chi connectivity index (χ0v) is 14.0. The molecule has 124 valence electrons. The molecular weight excluding hydrogens is 302 g/mol. The van der Waals surface area contributed by atoms with Crippen molar-refractivity contribution in [2.24, 2.45) is 0 Å². The zero-order valence-electron chi connectivity index (χ0n) is 14.0. The minimum absolute atomic E-state index is 0.334. The van der Waals surface area contributed by atoms with E-state index in [1.54, 1.807) is 6.07 Å². The third-order valence-corrected chi connectivity index (χ3v) is 4.02. The first-order valence-corrected chi connectivity index (χ1v) is 8.22. The summed E-state index contributed by atoms with van der Waals surface area (Å²) in [6.45, 7) is 5.32. The van der Waals surface area contributed by atoms with Crippen molar-refractivity contribution in [3.63, 3.8) is 0 Å². The Balaban J connectivity index is 1.83. The number of carbonyl (C=O) groups excluding carboxylic acids is 1. The summed E-state index contributed by atoms with van der Waals surface area (Å²) in [5.41, 5.74) is 3.29. The minimum Gasteiger partial charge on any atom is -0.486 e. The fourth-order valence-electron chi connectivity index (χ4n) is 2.70. The van der Waals surface area contributed by atoms with Crippen LogP contribution in [-0.2, 0) is 13.2 Å². The van der Waals surface area contributed by atoms with E-state index in [9.17, 15) is 4.79 Å². The molecule has 0 aliphatic rings. The smallest absolute Gasteiger partial charge is 0.172 e. The van der Waals surface area contributed by atoms with Crippen LogP contribution in [0.5, 0.6) is 5.75 Å². The molecule has 0 spiro atoms. The van der Waals surface area contributed by atoms with Gasteiger partial charge in [0.1, 0.15) is 18.1 Å². The summed E-state index contributed by atoms with van der Waals surface area (Å²) in [6, 6.07) is 9.74. The third kappa shape index (κ3) is 3.30. The lowest BCUT2D eigenvalue weighted by Crippen LogP contribution is -2.02. The van der Waals surface area contributed by atoms with Gasteiger partial charge in [0.05, 0.1) is 11.7 Å². The predicted molar refractivity (Wildman–Crippen MR) is 93.3 cm³/mol. The number of aromatic nitrogens is 3. The van der Waals surface area contributed by atoms with Crippen LogP contribution in [0.3, 0.4) is 0 Å². The molecule has 1 aromatic carbocycles. The fourth-order valence-corrected chi connectivity index (χ4v) is 2.70. The lowest BCUT2D eigenvalue weighted by molar-refractivity contribution is 0.111. The zero-order chi connectivity index (χ0) is 16.9. The number of pyridine rings is 1. The highest BCUT2D eigenvalue weighted by Crippen LogP contribution is 2.22. The van der Waals surface area contributed by atoms with E-state index in [1.165, 1.54) is 0 Å². The number of unbranched alkanes of at least 4 members (excludes halogenated alkanes) is 1. The van der Waals surface area contributed by atoms with Crippen LogP contribution in [0.25, 0.3) is 10.9 Å². The Labute approximate surface area is 141 Å². The van der Waals surface area contributed by atoms with Crippen LogP contribution in [-0.4, -0.2) is 21.1 Å². The first kappa shape index (κ1) is 16.2. The molecule has 5 nitrogen and oxygen atoms in total. The fraction of sp³-hybridized carbons (Fsp3) is 0.316. The molecule has 0 N–H and O–H groups in total. The summed E-state index contributed by atoms with van der Waals surface area (Å²) in [5.74, 6) is 0.506. The number of benzene rings is 1. The molecule has 0 aliphatic heterocycles. The highest BCUT2D eigenvalue weighted by Gasteiger charge is 2.09. The summed E-state index contributed by atoms with van der Waals surface area (Å²) in [7, 11) is 0. The van der Waals surface area contributed by atoms with Gasteiger partial charge < -0.3 is 4.74 Å². The molecule has 0 fully saturated rings. The van der Waals surface area contributed by atoms with Gasteiger partial charge in [0.15, 0.2) is 6.29 Å². The van der Waals surface area contributed by atoms with Crippen LogP contribution in [0, 0.1) is 6.92 Å². The number of rotatable bonds is 7. The number of hydrogen-bond donors (Lipinski definition) is 0. The largest absolute Gasteiger partial charge is 0.486 e. The summed E-state index contributed by atoms with van der Waals surface area (Å²) in [5, 5.41) is 5.57. The first-order valence-electron chi connectivity index (χ1n) is 8.22. The predicted octanol–water partition coefficient (Wildman–Crippen LogP) is 3.93. The Morgan fingerprint density at radius 1 is 1.25 bits per heavy atom. The van der Waals surface area contributed by atoms with Gasteiger partial charge in [-0.25, -0.2) is 4.98 Å². The van der Waals surface area contributed by atoms with E-state index in [0.29, 0.717) is 18.1 Å². The molecular formula is C19H21N3O2. The normalized spacial score (nSPS) is 10.9. The second-order valence-electron chi connectivity index (χ2n) is 5.81. The van der Waals surface area contributed by atoms with Crippen molar-refractivity contribution in [3.8, 4) is 5.75 Å². The van der Waals surface area contributed by atoms with Crippen LogP contribution in [0.1, 0.15) is 41.5 Å². The van der Waals surface area contributed by atoms with E-state index in [2.05, 4.69) is 23.1 Å². The van der Waals surface area contributed by atoms with Crippen LogP contribution < -0.4 is 4.74 Å². The summed E-state index contributed by atoms with van der Waals surface area (Å²) in [4.78, 5) is 15.3. The average Bonchev–Trinajstić information content (AvgIpc) is 3.02. The molecule has 0 unspecified atom stereocenters. The summed E-state index contributed by atoms with van der Waals surface area (Å²) < 4.78 is 7.87. The van der Waals surface area contributed by atoms with Gasteiger partial charge in [0.2, 0.25) is 0 Å². The lowest BCUT2D eigenvalue weighted by atomic mass is 10.1. The van der Waals surface area contributed by atoms with Crippen LogP contribution >= 0.6 is 0 Å². The number of nitrogens with zero attached hydrogens (tertiary/aromatic N) is 3. The molecule has 24 heavy (non-hydrogen) atoms. The third-order valence-electron chi connectivity index (χ3n) is 4.02. The summed E-state index contributed by atoms with van der Waals surface area (Å²) in [6.07, 6.45) is 4.86. The van der Waals surface area contributed by atoms with Crippen molar-refractivity contribution in [3.05, 3.63) is 53.5 Å². The molecule has 0 bridgehead atoms. The molecule has 2 heterocycles. The Kier molecular flexibility index (Phi) is 4.89. The molecule has 0 amide bonds. The van der Waals surface area contributed by atoms with Crippen molar-refractivity contribution < 1.29 is 9.53 Å². The second kappa shape index (κ2) is 7.25. The standard InChI is InChI=1S/C19H21N3O2/c1-3-4-10-22-18-7-5-6-15(16(18)11-20-22)13-24-19-9-8-14(2)21-17(19)12-23/h5-9,11-12H,3-4,10,13H2,1-2H3. The maximum absolute atomic E-state index is 11.2. The SMILES string of the molecule is CCCCn1ncc2c(COc3ccc(C)nc3C=O)cccc21. The van der Waals surface area contributed by atoms with Gasteiger partial charge in [-0.15, -0.1) is 0 Å². The van der Waals surface area contributed by atoms with Gasteiger partial charge in [-0.3, -0.25) is 9.48 Å². The first-order chi connectivity index (χ1) is 11.7. The van der Waals surface area contributed by atoms with E-state index >= 15 is 0 Å². The highest BCUT2D eigenvalue weighted by molar-refractivity contribution is 5.82. The molecule has 3 aromatic rings. The Bertz CT molecular complexity index is 855. The molecule has 0 saturated carbocycles. The van der Waals surface area contributed by atoms with Gasteiger partial charge >= 0.3 is 0 Å². The minimum atomic E-state index is 0.334. The van der Waals surface area contributed by atoms with Crippen LogP contribution in [0.2, 0.25) is 0 Å². The van der Waals surface area contributed by atoms with Crippen LogP contribution in [0.15, 0.2) is 36.5 Å². The van der Waals surface area contributed by atoms with Gasteiger partial charge in [0, 0.05) is 23.2 Å². The van der Waals surface area contributed by atoms with Crippen molar-refractivity contribution in [1.29, 1.82) is 0 Å². The Morgan fingerprint density at radius 3 is 2.92 bits per heavy atom. The van der Waals surface area contributed by atoms with Gasteiger partial charge in [-0.05, 0) is 31.5 Å². The van der Waals surface area contributed by atoms with E-state index in [1.807, 2.05) is 36.0 Å². The van der Waals surface area contributed by atoms with Gasteiger partial charge in [-0.2, -0.15) is 5.10 Å². The topological polar surface area (TPSA) is 57.0 Å². The number of carbonyl (C=O) groups is 1. The van der Waals surface area contributed by atoms with Gasteiger partial charge in [0.25, 0.3) is 0 Å². The van der Waals surface area contributed by atoms with Crippen molar-refractivity contribution in [1.82, 2.24) is 14.8 Å². The number of fused-ring (bicyclic) bond motifs is 1. The van der Waals surface area contributed by atoms with E-state index in [0.717, 1.165) is 47.8 Å². The molecule has 5 heteroatoms. The van der Waals surface area contributed by atoms with E-state index in [4.69, 9.17) is 4.74 Å². The lowest BCUT2D eigenvalue weighted by Gasteiger charge is -2.09. The average molecular weight is 323 g/mol.